The largest absolute Gasteiger partial charge is 0.488 e. The molecule has 0 aliphatic carbocycles. The molecule has 5 nitrogen and oxygen atoms in total. The first-order valence-electron chi connectivity index (χ1n) is 2.23. The van der Waals surface area contributed by atoms with Crippen molar-refractivity contribution in [1.29, 1.82) is 0 Å². The summed E-state index contributed by atoms with van der Waals surface area (Å²) in [5.41, 5.74) is 0. The standard InChI is InChI=1S/C3H10NO4P/c1-4(2)8-9(5,6)7-3/h1-3H3,(H,5,6). The zero-order valence-electron chi connectivity index (χ0n) is 5.57. The lowest BCUT2D eigenvalue weighted by Gasteiger charge is -2.12. The smallest absolute Gasteiger partial charge is 0.302 e. The van der Waals surface area contributed by atoms with Crippen LogP contribution in [0.1, 0.15) is 0 Å². The van der Waals surface area contributed by atoms with E-state index < -0.39 is 7.82 Å². The van der Waals surface area contributed by atoms with Gasteiger partial charge in [0.15, 0.2) is 0 Å². The van der Waals surface area contributed by atoms with Crippen molar-refractivity contribution < 1.29 is 18.6 Å². The van der Waals surface area contributed by atoms with Crippen LogP contribution in [0.4, 0.5) is 0 Å². The van der Waals surface area contributed by atoms with Gasteiger partial charge in [-0.3, -0.25) is 4.52 Å². The van der Waals surface area contributed by atoms with E-state index in [1.54, 1.807) is 0 Å². The van der Waals surface area contributed by atoms with Gasteiger partial charge < -0.3 is 4.89 Å². The summed E-state index contributed by atoms with van der Waals surface area (Å²) in [7, 11) is 0.274. The van der Waals surface area contributed by atoms with Gasteiger partial charge in [-0.05, 0) is 0 Å². The summed E-state index contributed by atoms with van der Waals surface area (Å²) in [6.45, 7) is 0. The van der Waals surface area contributed by atoms with Gasteiger partial charge in [0.1, 0.15) is 0 Å². The summed E-state index contributed by atoms with van der Waals surface area (Å²) in [5.74, 6) is 0. The Morgan fingerprint density at radius 3 is 2.11 bits per heavy atom. The van der Waals surface area contributed by atoms with Gasteiger partial charge in [0.2, 0.25) is 0 Å². The molecule has 0 aromatic carbocycles. The number of hydroxylamine groups is 2. The Hall–Kier alpha value is 0.0700. The second-order valence-corrected chi connectivity index (χ2v) is 3.01. The molecule has 0 spiro atoms. The Morgan fingerprint density at radius 2 is 2.00 bits per heavy atom. The Balaban J connectivity index is 3.73. The van der Waals surface area contributed by atoms with Crippen LogP contribution >= 0.6 is 7.82 Å². The summed E-state index contributed by atoms with van der Waals surface area (Å²) in [6, 6.07) is 0. The van der Waals surface area contributed by atoms with Crippen molar-refractivity contribution in [3.8, 4) is 0 Å². The molecule has 0 fully saturated rings. The Labute approximate surface area is 53.8 Å². The highest BCUT2D eigenvalue weighted by molar-refractivity contribution is 7.47. The predicted molar refractivity (Wildman–Crippen MR) is 31.6 cm³/mol. The summed E-state index contributed by atoms with van der Waals surface area (Å²) in [6.07, 6.45) is 0. The lowest BCUT2D eigenvalue weighted by molar-refractivity contribution is -0.0374. The molecule has 0 saturated heterocycles. The first-order valence-corrected chi connectivity index (χ1v) is 3.73. The molecule has 1 atom stereocenters. The normalized spacial score (nSPS) is 17.9. The van der Waals surface area contributed by atoms with Crippen LogP contribution in [0.2, 0.25) is 0 Å². The average Bonchev–Trinajstić information content (AvgIpc) is 1.63. The van der Waals surface area contributed by atoms with Gasteiger partial charge >= 0.3 is 7.82 Å². The lowest BCUT2D eigenvalue weighted by atomic mass is 11.2. The van der Waals surface area contributed by atoms with Gasteiger partial charge in [-0.15, -0.1) is 0 Å². The Kier molecular flexibility index (Phi) is 3.32. The van der Waals surface area contributed by atoms with Crippen LogP contribution in [0.15, 0.2) is 0 Å². The molecule has 0 aromatic rings. The van der Waals surface area contributed by atoms with Crippen molar-refractivity contribution in [2.75, 3.05) is 21.2 Å². The van der Waals surface area contributed by atoms with Crippen LogP contribution in [0.3, 0.4) is 0 Å². The zero-order valence-corrected chi connectivity index (χ0v) is 6.46. The van der Waals surface area contributed by atoms with E-state index in [1.807, 2.05) is 0 Å². The fourth-order valence-corrected chi connectivity index (χ4v) is 0.719. The zero-order chi connectivity index (χ0) is 7.49. The SMILES string of the molecule is COP(=O)(O)ON(C)C. The van der Waals surface area contributed by atoms with Crippen LogP contribution in [-0.4, -0.2) is 31.2 Å². The van der Waals surface area contributed by atoms with Crippen molar-refractivity contribution in [3.05, 3.63) is 0 Å². The molecule has 0 aromatic heterocycles. The van der Waals surface area contributed by atoms with Crippen molar-refractivity contribution in [3.63, 3.8) is 0 Å². The van der Waals surface area contributed by atoms with E-state index in [4.69, 9.17) is 4.89 Å². The van der Waals surface area contributed by atoms with E-state index in [2.05, 4.69) is 9.15 Å². The summed E-state index contributed by atoms with van der Waals surface area (Å²) >= 11 is 0. The topological polar surface area (TPSA) is 59.0 Å². The molecule has 56 valence electrons. The van der Waals surface area contributed by atoms with Gasteiger partial charge in [0, 0.05) is 21.2 Å². The number of nitrogens with zero attached hydrogens (tertiary/aromatic N) is 1. The molecule has 0 amide bonds. The van der Waals surface area contributed by atoms with Crippen LogP contribution in [-0.2, 0) is 13.7 Å². The maximum Gasteiger partial charge on any atom is 0.488 e. The van der Waals surface area contributed by atoms with E-state index in [0.717, 1.165) is 12.2 Å². The highest BCUT2D eigenvalue weighted by atomic mass is 31.2. The molecule has 9 heavy (non-hydrogen) atoms. The molecule has 0 rings (SSSR count). The molecular formula is C3H10NO4P. The molecule has 0 radical (unpaired) electrons. The molecule has 1 unspecified atom stereocenters. The summed E-state index contributed by atoms with van der Waals surface area (Å²) in [5, 5.41) is 1.10. The summed E-state index contributed by atoms with van der Waals surface area (Å²) < 4.78 is 18.9. The molecule has 0 bridgehead atoms. The second kappa shape index (κ2) is 3.29. The monoisotopic (exact) mass is 155 g/mol. The molecule has 0 saturated carbocycles. The number of phosphoric acid groups is 1. The second-order valence-electron chi connectivity index (χ2n) is 1.55. The van der Waals surface area contributed by atoms with Gasteiger partial charge in [-0.1, -0.05) is 0 Å². The van der Waals surface area contributed by atoms with Crippen LogP contribution in [0.5, 0.6) is 0 Å². The third kappa shape index (κ3) is 4.57. The number of hydrogen-bond acceptors (Lipinski definition) is 4. The molecule has 0 aliphatic rings. The minimum Gasteiger partial charge on any atom is -0.302 e. The van der Waals surface area contributed by atoms with E-state index >= 15 is 0 Å². The maximum atomic E-state index is 10.5. The first-order chi connectivity index (χ1) is 3.98. The molecule has 1 N–H and O–H groups in total. The Bertz CT molecular complexity index is 125. The van der Waals surface area contributed by atoms with Gasteiger partial charge in [0.05, 0.1) is 0 Å². The van der Waals surface area contributed by atoms with Crippen molar-refractivity contribution in [1.82, 2.24) is 5.06 Å². The van der Waals surface area contributed by atoms with E-state index in [1.165, 1.54) is 14.1 Å². The Morgan fingerprint density at radius 1 is 1.56 bits per heavy atom. The minimum absolute atomic E-state index is 1.10. The lowest BCUT2D eigenvalue weighted by Crippen LogP contribution is -2.10. The molecule has 6 heteroatoms. The van der Waals surface area contributed by atoms with E-state index in [0.29, 0.717) is 0 Å². The summed E-state index contributed by atoms with van der Waals surface area (Å²) in [4.78, 5) is 8.56. The highest BCUT2D eigenvalue weighted by Crippen LogP contribution is 2.42. The van der Waals surface area contributed by atoms with Crippen LogP contribution in [0, 0.1) is 0 Å². The van der Waals surface area contributed by atoms with Crippen molar-refractivity contribution >= 4 is 7.82 Å². The third-order valence-corrected chi connectivity index (χ3v) is 1.49. The number of rotatable bonds is 3. The van der Waals surface area contributed by atoms with E-state index in [-0.39, 0.29) is 0 Å². The fourth-order valence-electron chi connectivity index (χ4n) is 0.240. The van der Waals surface area contributed by atoms with Crippen LogP contribution in [0.25, 0.3) is 0 Å². The molecule has 0 aliphatic heterocycles. The van der Waals surface area contributed by atoms with Crippen LogP contribution < -0.4 is 0 Å². The first kappa shape index (κ1) is 9.07. The average molecular weight is 155 g/mol. The molecule has 0 heterocycles. The van der Waals surface area contributed by atoms with Gasteiger partial charge in [-0.25, -0.2) is 4.57 Å². The number of phosphoric ester groups is 1. The number of hydrogen-bond donors (Lipinski definition) is 1. The third-order valence-electron chi connectivity index (χ3n) is 0.497. The van der Waals surface area contributed by atoms with Gasteiger partial charge in [-0.2, -0.15) is 9.69 Å². The minimum atomic E-state index is -3.80. The predicted octanol–water partition coefficient (Wildman–Crippen LogP) is 0.226. The van der Waals surface area contributed by atoms with Crippen molar-refractivity contribution in [2.45, 2.75) is 0 Å². The van der Waals surface area contributed by atoms with E-state index in [9.17, 15) is 4.57 Å². The maximum absolute atomic E-state index is 10.5. The highest BCUT2D eigenvalue weighted by Gasteiger charge is 2.19. The quantitative estimate of drug-likeness (QED) is 0.466. The van der Waals surface area contributed by atoms with Gasteiger partial charge in [0.25, 0.3) is 0 Å². The van der Waals surface area contributed by atoms with Crippen molar-refractivity contribution in [2.24, 2.45) is 0 Å². The fraction of sp³-hybridized carbons (Fsp3) is 1.00. The molecular weight excluding hydrogens is 145 g/mol.